The highest BCUT2D eigenvalue weighted by atomic mass is 19.1. The van der Waals surface area contributed by atoms with E-state index in [0.717, 1.165) is 0 Å². The molecule has 1 aromatic rings. The highest BCUT2D eigenvalue weighted by molar-refractivity contribution is 5.77. The predicted octanol–water partition coefficient (Wildman–Crippen LogP) is 2.23. The van der Waals surface area contributed by atoms with Gasteiger partial charge in [-0.25, -0.2) is 4.39 Å². The van der Waals surface area contributed by atoms with Crippen molar-refractivity contribution in [2.24, 2.45) is 0 Å². The van der Waals surface area contributed by atoms with Crippen molar-refractivity contribution in [3.63, 3.8) is 0 Å². The first kappa shape index (κ1) is 16.4. The molecule has 1 aromatic carbocycles. The molecule has 2 N–H and O–H groups in total. The van der Waals surface area contributed by atoms with E-state index in [4.69, 9.17) is 4.74 Å². The molecule has 0 aliphatic rings. The maximum atomic E-state index is 13.8. The smallest absolute Gasteiger partial charge is 0.257 e. The first-order valence-electron chi connectivity index (χ1n) is 6.75. The van der Waals surface area contributed by atoms with Gasteiger partial charge in [-0.05, 0) is 33.8 Å². The molecule has 0 unspecified atom stereocenters. The second kappa shape index (κ2) is 7.24. The summed E-state index contributed by atoms with van der Waals surface area (Å²) in [7, 11) is 0. The number of carbonyl (C=O) groups excluding carboxylic acids is 1. The van der Waals surface area contributed by atoms with Crippen molar-refractivity contribution in [2.45, 2.75) is 39.8 Å². The van der Waals surface area contributed by atoms with E-state index in [1.165, 1.54) is 6.07 Å². The Morgan fingerprint density at radius 2 is 2.05 bits per heavy atom. The number of para-hydroxylation sites is 1. The van der Waals surface area contributed by atoms with Crippen LogP contribution in [0.1, 0.15) is 33.3 Å². The molecule has 0 saturated heterocycles. The van der Waals surface area contributed by atoms with Gasteiger partial charge in [0.15, 0.2) is 18.2 Å². The van der Waals surface area contributed by atoms with Crippen molar-refractivity contribution in [1.82, 2.24) is 10.6 Å². The molecular weight excluding hydrogens is 259 g/mol. The van der Waals surface area contributed by atoms with Crippen LogP contribution in [0.2, 0.25) is 0 Å². The van der Waals surface area contributed by atoms with E-state index in [1.54, 1.807) is 12.1 Å². The van der Waals surface area contributed by atoms with Crippen molar-refractivity contribution in [2.75, 3.05) is 13.2 Å². The van der Waals surface area contributed by atoms with E-state index in [2.05, 4.69) is 10.6 Å². The quantitative estimate of drug-likeness (QED) is 0.841. The number of likely N-dealkylation sites (N-methyl/N-ethyl adjacent to an activating group) is 1. The van der Waals surface area contributed by atoms with Gasteiger partial charge >= 0.3 is 0 Å². The minimum Gasteiger partial charge on any atom is -0.480 e. The highest BCUT2D eigenvalue weighted by Gasteiger charge is 2.14. The first-order valence-corrected chi connectivity index (χ1v) is 6.75. The molecule has 4 nitrogen and oxygen atoms in total. The fourth-order valence-electron chi connectivity index (χ4n) is 1.60. The zero-order chi connectivity index (χ0) is 15.2. The average Bonchev–Trinajstić information content (AvgIpc) is 2.34. The molecule has 0 heterocycles. The van der Waals surface area contributed by atoms with Gasteiger partial charge in [-0.15, -0.1) is 0 Å². The molecule has 0 aliphatic heterocycles. The lowest BCUT2D eigenvalue weighted by atomic mass is 10.1. The Kier molecular flexibility index (Phi) is 5.95. The van der Waals surface area contributed by atoms with E-state index >= 15 is 0 Å². The molecule has 0 spiro atoms. The van der Waals surface area contributed by atoms with Gasteiger partial charge in [0.1, 0.15) is 0 Å². The fraction of sp³-hybridized carbons (Fsp3) is 0.533. The van der Waals surface area contributed by atoms with Crippen LogP contribution < -0.4 is 15.4 Å². The molecule has 0 aromatic heterocycles. The van der Waals surface area contributed by atoms with E-state index < -0.39 is 5.82 Å². The van der Waals surface area contributed by atoms with Crippen LogP contribution in [0.3, 0.4) is 0 Å². The predicted molar refractivity (Wildman–Crippen MR) is 77.2 cm³/mol. The molecule has 0 saturated carbocycles. The minimum absolute atomic E-state index is 0.0802. The first-order chi connectivity index (χ1) is 9.33. The van der Waals surface area contributed by atoms with E-state index in [0.29, 0.717) is 18.7 Å². The summed E-state index contributed by atoms with van der Waals surface area (Å²) in [4.78, 5) is 11.4. The molecule has 0 bridgehead atoms. The summed E-state index contributed by atoms with van der Waals surface area (Å²) >= 11 is 0. The Bertz CT molecular complexity index is 456. The molecule has 1 rings (SSSR count). The fourth-order valence-corrected chi connectivity index (χ4v) is 1.60. The summed E-state index contributed by atoms with van der Waals surface area (Å²) < 4.78 is 19.1. The molecule has 0 fully saturated rings. The van der Waals surface area contributed by atoms with Crippen molar-refractivity contribution < 1.29 is 13.9 Å². The van der Waals surface area contributed by atoms with Crippen LogP contribution >= 0.6 is 0 Å². The zero-order valence-electron chi connectivity index (χ0n) is 12.5. The maximum Gasteiger partial charge on any atom is 0.257 e. The number of ether oxygens (including phenoxy) is 1. The third-order valence-corrected chi connectivity index (χ3v) is 2.58. The number of benzene rings is 1. The standard InChI is InChI=1S/C15H23FN2O2/c1-5-17-13(19)10-20-14-11(7-6-8-12(14)16)9-18-15(2,3)4/h6-8,18H,5,9-10H2,1-4H3,(H,17,19). The molecule has 0 aliphatic carbocycles. The third kappa shape index (κ3) is 5.57. The molecule has 0 radical (unpaired) electrons. The van der Waals surface area contributed by atoms with Crippen molar-refractivity contribution in [3.05, 3.63) is 29.6 Å². The number of hydrogen-bond acceptors (Lipinski definition) is 3. The van der Waals surface area contributed by atoms with E-state index in [9.17, 15) is 9.18 Å². The lowest BCUT2D eigenvalue weighted by Gasteiger charge is -2.21. The number of hydrogen-bond donors (Lipinski definition) is 2. The number of rotatable bonds is 6. The van der Waals surface area contributed by atoms with Gasteiger partial charge in [0, 0.05) is 24.2 Å². The molecule has 5 heteroatoms. The lowest BCUT2D eigenvalue weighted by molar-refractivity contribution is -0.123. The Hall–Kier alpha value is -1.62. The number of amides is 1. The second-order valence-electron chi connectivity index (χ2n) is 5.57. The topological polar surface area (TPSA) is 50.4 Å². The summed E-state index contributed by atoms with van der Waals surface area (Å²) in [5.41, 5.74) is 0.618. The van der Waals surface area contributed by atoms with Gasteiger partial charge in [0.2, 0.25) is 0 Å². The van der Waals surface area contributed by atoms with Crippen LogP contribution in [0, 0.1) is 5.82 Å². The van der Waals surface area contributed by atoms with E-state index in [-0.39, 0.29) is 23.8 Å². The maximum absolute atomic E-state index is 13.8. The normalized spacial score (nSPS) is 11.2. The van der Waals surface area contributed by atoms with Crippen molar-refractivity contribution in [3.8, 4) is 5.75 Å². The Labute approximate surface area is 119 Å². The lowest BCUT2D eigenvalue weighted by Crippen LogP contribution is -2.35. The second-order valence-corrected chi connectivity index (χ2v) is 5.57. The number of carbonyl (C=O) groups is 1. The van der Waals surface area contributed by atoms with Crippen molar-refractivity contribution in [1.29, 1.82) is 0 Å². The summed E-state index contributed by atoms with van der Waals surface area (Å²) in [6, 6.07) is 4.75. The minimum atomic E-state index is -0.456. The zero-order valence-corrected chi connectivity index (χ0v) is 12.5. The number of halogens is 1. The van der Waals surface area contributed by atoms with Crippen LogP contribution in [-0.2, 0) is 11.3 Å². The van der Waals surface area contributed by atoms with Gasteiger partial charge in [-0.1, -0.05) is 12.1 Å². The largest absolute Gasteiger partial charge is 0.480 e. The molecule has 112 valence electrons. The SMILES string of the molecule is CCNC(=O)COc1c(F)cccc1CNC(C)(C)C. The molecule has 20 heavy (non-hydrogen) atoms. The molecule has 1 amide bonds. The van der Waals surface area contributed by atoms with Gasteiger partial charge in [-0.3, -0.25) is 4.79 Å². The van der Waals surface area contributed by atoms with Crippen LogP contribution in [0.15, 0.2) is 18.2 Å². The van der Waals surface area contributed by atoms with E-state index in [1.807, 2.05) is 27.7 Å². The summed E-state index contributed by atoms with van der Waals surface area (Å²) in [6.45, 7) is 8.73. The van der Waals surface area contributed by atoms with Gasteiger partial charge < -0.3 is 15.4 Å². The van der Waals surface area contributed by atoms with Crippen LogP contribution in [0.4, 0.5) is 4.39 Å². The Morgan fingerprint density at radius 1 is 1.35 bits per heavy atom. The van der Waals surface area contributed by atoms with Crippen molar-refractivity contribution >= 4 is 5.91 Å². The Morgan fingerprint density at radius 3 is 2.65 bits per heavy atom. The van der Waals surface area contributed by atoms with Crippen LogP contribution in [-0.4, -0.2) is 24.6 Å². The average molecular weight is 282 g/mol. The number of nitrogens with one attached hydrogen (secondary N) is 2. The van der Waals surface area contributed by atoms with Crippen LogP contribution in [0.5, 0.6) is 5.75 Å². The molecular formula is C15H23FN2O2. The molecule has 0 atom stereocenters. The summed E-state index contributed by atoms with van der Waals surface area (Å²) in [5, 5.41) is 5.88. The van der Waals surface area contributed by atoms with Gasteiger partial charge in [0.25, 0.3) is 5.91 Å². The summed E-state index contributed by atoms with van der Waals surface area (Å²) in [5.74, 6) is -0.580. The monoisotopic (exact) mass is 282 g/mol. The summed E-state index contributed by atoms with van der Waals surface area (Å²) in [6.07, 6.45) is 0. The highest BCUT2D eigenvalue weighted by Crippen LogP contribution is 2.23. The van der Waals surface area contributed by atoms with Crippen LogP contribution in [0.25, 0.3) is 0 Å². The Balaban J connectivity index is 2.75. The third-order valence-electron chi connectivity index (χ3n) is 2.58. The van der Waals surface area contributed by atoms with Gasteiger partial charge in [-0.2, -0.15) is 0 Å². The van der Waals surface area contributed by atoms with Gasteiger partial charge in [0.05, 0.1) is 0 Å².